The molecule has 2 aliphatic heterocycles. The number of nitrogens with zero attached hydrogens (tertiary/aromatic N) is 2. The highest BCUT2D eigenvalue weighted by molar-refractivity contribution is 5.91. The van der Waals surface area contributed by atoms with Crippen molar-refractivity contribution in [3.05, 3.63) is 76.7 Å². The summed E-state index contributed by atoms with van der Waals surface area (Å²) < 4.78 is 22.8. The minimum atomic E-state index is -0.0718. The van der Waals surface area contributed by atoms with Crippen LogP contribution in [0.25, 0.3) is 0 Å². The number of carbonyl (C=O) groups excluding carboxylic acids is 1. The van der Waals surface area contributed by atoms with Gasteiger partial charge in [0.25, 0.3) is 5.91 Å². The van der Waals surface area contributed by atoms with E-state index in [2.05, 4.69) is 43.9 Å². The Morgan fingerprint density at radius 2 is 1.77 bits per heavy atom. The number of aryl methyl sites for hydroxylation is 1. The van der Waals surface area contributed by atoms with E-state index < -0.39 is 0 Å². The SMILES string of the molecule is Cc1ccc(C(C)C)c(OCc2ccc(C(=O)N3CCN(Cc4ccc5c(c4)OCO5)CC3)o2)c1. The Hall–Kier alpha value is -3.45. The van der Waals surface area contributed by atoms with Crippen molar-refractivity contribution in [1.29, 1.82) is 0 Å². The minimum Gasteiger partial charge on any atom is -0.485 e. The second-order valence-corrected chi connectivity index (χ2v) is 9.51. The zero-order chi connectivity index (χ0) is 24.4. The Morgan fingerprint density at radius 3 is 2.57 bits per heavy atom. The van der Waals surface area contributed by atoms with Crippen LogP contribution < -0.4 is 14.2 Å². The van der Waals surface area contributed by atoms with Gasteiger partial charge in [-0.3, -0.25) is 9.69 Å². The summed E-state index contributed by atoms with van der Waals surface area (Å²) in [6.07, 6.45) is 0. The number of furan rings is 1. The molecule has 1 saturated heterocycles. The predicted molar refractivity (Wildman–Crippen MR) is 132 cm³/mol. The smallest absolute Gasteiger partial charge is 0.289 e. The van der Waals surface area contributed by atoms with Crippen LogP contribution in [0.1, 0.15) is 52.8 Å². The Labute approximate surface area is 206 Å². The monoisotopic (exact) mass is 476 g/mol. The summed E-state index contributed by atoms with van der Waals surface area (Å²) in [6.45, 7) is 10.7. The summed E-state index contributed by atoms with van der Waals surface area (Å²) >= 11 is 0. The maximum absolute atomic E-state index is 13.0. The molecule has 1 fully saturated rings. The van der Waals surface area contributed by atoms with Gasteiger partial charge in [-0.15, -0.1) is 0 Å². The summed E-state index contributed by atoms with van der Waals surface area (Å²) in [5.74, 6) is 3.76. The highest BCUT2D eigenvalue weighted by Gasteiger charge is 2.25. The first-order valence-corrected chi connectivity index (χ1v) is 12.2. The summed E-state index contributed by atoms with van der Waals surface area (Å²) in [7, 11) is 0. The Balaban J connectivity index is 1.14. The molecule has 0 atom stereocenters. The fraction of sp³-hybridized carbons (Fsp3) is 0.393. The zero-order valence-electron chi connectivity index (χ0n) is 20.6. The first kappa shape index (κ1) is 23.3. The van der Waals surface area contributed by atoms with Crippen molar-refractivity contribution in [1.82, 2.24) is 9.80 Å². The lowest BCUT2D eigenvalue weighted by atomic mass is 10.0. The van der Waals surface area contributed by atoms with Gasteiger partial charge in [0, 0.05) is 32.7 Å². The van der Waals surface area contributed by atoms with E-state index in [0.717, 1.165) is 48.0 Å². The first-order valence-electron chi connectivity index (χ1n) is 12.2. The standard InChI is InChI=1S/C28H32N2O5/c1-19(2)23-7-4-20(3)14-26(23)32-17-22-6-9-25(35-22)28(31)30-12-10-29(11-13-30)16-21-5-8-24-27(15-21)34-18-33-24/h4-9,14-15,19H,10-13,16-18H2,1-3H3. The van der Waals surface area contributed by atoms with Gasteiger partial charge in [-0.05, 0) is 59.9 Å². The van der Waals surface area contributed by atoms with Crippen molar-refractivity contribution >= 4 is 5.91 Å². The average Bonchev–Trinajstić information content (AvgIpc) is 3.52. The molecule has 3 aromatic rings. The number of ether oxygens (including phenoxy) is 3. The van der Waals surface area contributed by atoms with Gasteiger partial charge >= 0.3 is 0 Å². The number of fused-ring (bicyclic) bond motifs is 1. The number of hydrogen-bond acceptors (Lipinski definition) is 6. The predicted octanol–water partition coefficient (Wildman–Crippen LogP) is 4.98. The summed E-state index contributed by atoms with van der Waals surface area (Å²) in [5, 5.41) is 0. The van der Waals surface area contributed by atoms with Crippen LogP contribution in [0, 0.1) is 6.92 Å². The van der Waals surface area contributed by atoms with Gasteiger partial charge in [-0.2, -0.15) is 0 Å². The topological polar surface area (TPSA) is 64.4 Å². The molecule has 3 heterocycles. The third kappa shape index (κ3) is 5.30. The molecule has 7 nitrogen and oxygen atoms in total. The molecule has 7 heteroatoms. The van der Waals surface area contributed by atoms with Gasteiger partial charge < -0.3 is 23.5 Å². The van der Waals surface area contributed by atoms with Crippen molar-refractivity contribution in [3.8, 4) is 17.2 Å². The first-order chi connectivity index (χ1) is 17.0. The van der Waals surface area contributed by atoms with Crippen molar-refractivity contribution in [3.63, 3.8) is 0 Å². The van der Waals surface area contributed by atoms with E-state index in [9.17, 15) is 4.79 Å². The van der Waals surface area contributed by atoms with Gasteiger partial charge in [0.1, 0.15) is 18.1 Å². The molecule has 0 unspecified atom stereocenters. The van der Waals surface area contributed by atoms with E-state index in [4.69, 9.17) is 18.6 Å². The van der Waals surface area contributed by atoms with E-state index >= 15 is 0 Å². The number of rotatable bonds is 7. The van der Waals surface area contributed by atoms with Crippen LogP contribution in [0.2, 0.25) is 0 Å². The molecule has 0 spiro atoms. The normalized spacial score (nSPS) is 15.6. The summed E-state index contributed by atoms with van der Waals surface area (Å²) in [4.78, 5) is 17.2. The molecule has 1 aromatic heterocycles. The number of hydrogen-bond donors (Lipinski definition) is 0. The molecule has 1 amide bonds. The summed E-state index contributed by atoms with van der Waals surface area (Å²) in [5.41, 5.74) is 3.49. The lowest BCUT2D eigenvalue weighted by molar-refractivity contribution is 0.0594. The molecule has 0 saturated carbocycles. The molecule has 0 N–H and O–H groups in total. The number of piperazine rings is 1. The molecular formula is C28H32N2O5. The van der Waals surface area contributed by atoms with E-state index in [1.807, 2.05) is 29.2 Å². The quantitative estimate of drug-likeness (QED) is 0.479. The molecule has 0 bridgehead atoms. The lowest BCUT2D eigenvalue weighted by Gasteiger charge is -2.34. The third-order valence-electron chi connectivity index (χ3n) is 6.54. The van der Waals surface area contributed by atoms with E-state index in [1.165, 1.54) is 5.56 Å². The third-order valence-corrected chi connectivity index (χ3v) is 6.54. The van der Waals surface area contributed by atoms with E-state index in [0.29, 0.717) is 37.1 Å². The van der Waals surface area contributed by atoms with Crippen molar-refractivity contribution < 1.29 is 23.4 Å². The molecule has 2 aliphatic rings. The minimum absolute atomic E-state index is 0.0718. The van der Waals surface area contributed by atoms with Gasteiger partial charge in [-0.1, -0.05) is 32.0 Å². The second kappa shape index (κ2) is 10.0. The van der Waals surface area contributed by atoms with Crippen molar-refractivity contribution in [2.45, 2.75) is 39.8 Å². The Bertz CT molecular complexity index is 1190. The Morgan fingerprint density at radius 1 is 0.971 bits per heavy atom. The van der Waals surface area contributed by atoms with Crippen LogP contribution in [-0.2, 0) is 13.2 Å². The Kier molecular flexibility index (Phi) is 6.68. The molecule has 35 heavy (non-hydrogen) atoms. The van der Waals surface area contributed by atoms with Crippen LogP contribution in [0.15, 0.2) is 52.9 Å². The maximum Gasteiger partial charge on any atom is 0.289 e. The second-order valence-electron chi connectivity index (χ2n) is 9.51. The van der Waals surface area contributed by atoms with Gasteiger partial charge in [0.05, 0.1) is 0 Å². The van der Waals surface area contributed by atoms with Crippen LogP contribution in [-0.4, -0.2) is 48.7 Å². The van der Waals surface area contributed by atoms with Gasteiger partial charge in [-0.25, -0.2) is 0 Å². The van der Waals surface area contributed by atoms with Crippen LogP contribution in [0.3, 0.4) is 0 Å². The van der Waals surface area contributed by atoms with Gasteiger partial charge in [0.15, 0.2) is 17.3 Å². The fourth-order valence-electron chi connectivity index (χ4n) is 4.53. The van der Waals surface area contributed by atoms with Gasteiger partial charge in [0.2, 0.25) is 6.79 Å². The fourth-order valence-corrected chi connectivity index (χ4v) is 4.53. The van der Waals surface area contributed by atoms with Crippen LogP contribution in [0.5, 0.6) is 17.2 Å². The molecule has 2 aromatic carbocycles. The van der Waals surface area contributed by atoms with E-state index in [1.54, 1.807) is 6.07 Å². The molecular weight excluding hydrogens is 444 g/mol. The van der Waals surface area contributed by atoms with Crippen LogP contribution >= 0.6 is 0 Å². The molecule has 5 rings (SSSR count). The highest BCUT2D eigenvalue weighted by atomic mass is 16.7. The lowest BCUT2D eigenvalue weighted by Crippen LogP contribution is -2.48. The highest BCUT2D eigenvalue weighted by Crippen LogP contribution is 2.33. The number of benzene rings is 2. The largest absolute Gasteiger partial charge is 0.485 e. The molecule has 184 valence electrons. The van der Waals surface area contributed by atoms with Crippen molar-refractivity contribution in [2.24, 2.45) is 0 Å². The molecule has 0 radical (unpaired) electrons. The number of amides is 1. The summed E-state index contributed by atoms with van der Waals surface area (Å²) in [6, 6.07) is 15.9. The molecule has 0 aliphatic carbocycles. The zero-order valence-corrected chi connectivity index (χ0v) is 20.6. The average molecular weight is 477 g/mol. The van der Waals surface area contributed by atoms with Crippen LogP contribution in [0.4, 0.5) is 0 Å². The maximum atomic E-state index is 13.0. The van der Waals surface area contributed by atoms with Crippen molar-refractivity contribution in [2.75, 3.05) is 33.0 Å². The number of carbonyl (C=O) groups is 1. The van der Waals surface area contributed by atoms with E-state index in [-0.39, 0.29) is 12.7 Å².